The van der Waals surface area contributed by atoms with E-state index in [-0.39, 0.29) is 5.91 Å². The molecule has 3 aromatic rings. The number of anilines is 2. The summed E-state index contributed by atoms with van der Waals surface area (Å²) in [5, 5.41) is 11.3. The maximum absolute atomic E-state index is 12.3. The number of hydrogen-bond donors (Lipinski definition) is 1. The largest absolute Gasteiger partial charge is 0.352 e. The molecule has 1 aliphatic rings. The van der Waals surface area contributed by atoms with Crippen LogP contribution in [0.3, 0.4) is 0 Å². The molecule has 0 saturated carbocycles. The van der Waals surface area contributed by atoms with Gasteiger partial charge in [-0.2, -0.15) is 0 Å². The zero-order valence-electron chi connectivity index (χ0n) is 15.5. The van der Waals surface area contributed by atoms with Gasteiger partial charge in [0.1, 0.15) is 6.33 Å². The van der Waals surface area contributed by atoms with Crippen LogP contribution in [0.2, 0.25) is 0 Å². The standard InChI is InChI=1S/C18H21BrN8O/c1-2-27-18-16(23-24-27)17(20-12-21-18)26-9-7-25(8-10-26)11-15(28)22-14-5-3-13(19)4-6-14/h3-6,12H,2,7-11H2,1H3,(H,22,28). The van der Waals surface area contributed by atoms with E-state index in [1.165, 1.54) is 0 Å². The Bertz CT molecular complexity index is 965. The molecule has 0 atom stereocenters. The van der Waals surface area contributed by atoms with Crippen LogP contribution in [0.15, 0.2) is 35.1 Å². The molecule has 1 aliphatic heterocycles. The Morgan fingerprint density at radius 1 is 1.14 bits per heavy atom. The van der Waals surface area contributed by atoms with Crippen molar-refractivity contribution in [2.75, 3.05) is 42.9 Å². The Balaban J connectivity index is 1.35. The number of rotatable bonds is 5. The van der Waals surface area contributed by atoms with E-state index in [9.17, 15) is 4.79 Å². The summed E-state index contributed by atoms with van der Waals surface area (Å²) in [5.74, 6) is 0.801. The van der Waals surface area contributed by atoms with E-state index in [2.05, 4.69) is 51.3 Å². The quantitative estimate of drug-likeness (QED) is 0.640. The van der Waals surface area contributed by atoms with E-state index in [0.717, 1.165) is 53.3 Å². The summed E-state index contributed by atoms with van der Waals surface area (Å²) >= 11 is 3.39. The summed E-state index contributed by atoms with van der Waals surface area (Å²) in [6.07, 6.45) is 1.56. The molecule has 0 unspecified atom stereocenters. The number of nitrogens with one attached hydrogen (secondary N) is 1. The average Bonchev–Trinajstić information content (AvgIpc) is 3.14. The fourth-order valence-corrected chi connectivity index (χ4v) is 3.54. The van der Waals surface area contributed by atoms with Crippen molar-refractivity contribution in [2.45, 2.75) is 13.5 Å². The fraction of sp³-hybridized carbons (Fsp3) is 0.389. The summed E-state index contributed by atoms with van der Waals surface area (Å²) in [5.41, 5.74) is 2.28. The third-order valence-corrected chi connectivity index (χ3v) is 5.28. The predicted molar refractivity (Wildman–Crippen MR) is 110 cm³/mol. The first-order chi connectivity index (χ1) is 13.6. The highest BCUT2D eigenvalue weighted by molar-refractivity contribution is 9.10. The van der Waals surface area contributed by atoms with Gasteiger partial charge in [-0.3, -0.25) is 9.69 Å². The van der Waals surface area contributed by atoms with Gasteiger partial charge in [0.25, 0.3) is 0 Å². The third-order valence-electron chi connectivity index (χ3n) is 4.75. The normalized spacial score (nSPS) is 15.1. The van der Waals surface area contributed by atoms with E-state index in [4.69, 9.17) is 0 Å². The van der Waals surface area contributed by atoms with Crippen LogP contribution >= 0.6 is 15.9 Å². The minimum Gasteiger partial charge on any atom is -0.352 e. The number of aryl methyl sites for hydroxylation is 1. The maximum atomic E-state index is 12.3. The maximum Gasteiger partial charge on any atom is 0.238 e. The van der Waals surface area contributed by atoms with Crippen LogP contribution in [0.25, 0.3) is 11.2 Å². The molecular weight excluding hydrogens is 424 g/mol. The van der Waals surface area contributed by atoms with Crippen LogP contribution < -0.4 is 10.2 Å². The molecule has 3 heterocycles. The molecule has 1 aromatic carbocycles. The minimum atomic E-state index is -0.00825. The topological polar surface area (TPSA) is 92.1 Å². The van der Waals surface area contributed by atoms with Gasteiger partial charge in [0.05, 0.1) is 6.54 Å². The number of carbonyl (C=O) groups is 1. The van der Waals surface area contributed by atoms with Crippen LogP contribution in [0, 0.1) is 0 Å². The van der Waals surface area contributed by atoms with Crippen LogP contribution in [0.4, 0.5) is 11.5 Å². The molecule has 1 N–H and O–H groups in total. The lowest BCUT2D eigenvalue weighted by Gasteiger charge is -2.34. The molecule has 0 radical (unpaired) electrons. The highest BCUT2D eigenvalue weighted by Crippen LogP contribution is 2.21. The van der Waals surface area contributed by atoms with E-state index in [1.54, 1.807) is 11.0 Å². The zero-order chi connectivity index (χ0) is 19.5. The molecule has 1 amide bonds. The van der Waals surface area contributed by atoms with E-state index >= 15 is 0 Å². The van der Waals surface area contributed by atoms with Gasteiger partial charge >= 0.3 is 0 Å². The van der Waals surface area contributed by atoms with Crippen molar-refractivity contribution < 1.29 is 4.79 Å². The molecule has 0 spiro atoms. The Kier molecular flexibility index (Phi) is 5.49. The lowest BCUT2D eigenvalue weighted by Crippen LogP contribution is -2.49. The van der Waals surface area contributed by atoms with Crippen molar-refractivity contribution in [3.8, 4) is 0 Å². The van der Waals surface area contributed by atoms with Gasteiger partial charge in [-0.05, 0) is 31.2 Å². The second kappa shape index (κ2) is 8.19. The second-order valence-electron chi connectivity index (χ2n) is 6.59. The summed E-state index contributed by atoms with van der Waals surface area (Å²) in [6, 6.07) is 7.57. The summed E-state index contributed by atoms with van der Waals surface area (Å²) in [7, 11) is 0. The van der Waals surface area contributed by atoms with Crippen molar-refractivity contribution in [2.24, 2.45) is 0 Å². The lowest BCUT2D eigenvalue weighted by molar-refractivity contribution is -0.117. The van der Waals surface area contributed by atoms with Crippen molar-refractivity contribution in [1.29, 1.82) is 0 Å². The number of amides is 1. The van der Waals surface area contributed by atoms with Gasteiger partial charge in [-0.1, -0.05) is 21.1 Å². The predicted octanol–water partition coefficient (Wildman–Crippen LogP) is 1.76. The number of carbonyl (C=O) groups excluding carboxylic acids is 1. The van der Waals surface area contributed by atoms with Gasteiger partial charge < -0.3 is 10.2 Å². The van der Waals surface area contributed by atoms with Crippen molar-refractivity contribution in [3.63, 3.8) is 0 Å². The van der Waals surface area contributed by atoms with Crippen LogP contribution in [0.5, 0.6) is 0 Å². The molecule has 4 rings (SSSR count). The number of aromatic nitrogens is 5. The van der Waals surface area contributed by atoms with E-state index in [0.29, 0.717) is 13.1 Å². The first-order valence-electron chi connectivity index (χ1n) is 9.21. The SMILES string of the molecule is CCn1nnc2c(N3CCN(CC(=O)Nc4ccc(Br)cc4)CC3)ncnc21. The highest BCUT2D eigenvalue weighted by atomic mass is 79.9. The van der Waals surface area contributed by atoms with Gasteiger partial charge in [-0.25, -0.2) is 14.6 Å². The molecule has 10 heteroatoms. The Morgan fingerprint density at radius 3 is 2.61 bits per heavy atom. The summed E-state index contributed by atoms with van der Waals surface area (Å²) in [6.45, 7) is 6.20. The minimum absolute atomic E-state index is 0.00825. The Morgan fingerprint density at radius 2 is 1.89 bits per heavy atom. The van der Waals surface area contributed by atoms with Crippen LogP contribution in [-0.4, -0.2) is 68.5 Å². The molecule has 2 aromatic heterocycles. The Hall–Kier alpha value is -2.59. The molecule has 146 valence electrons. The third kappa shape index (κ3) is 3.97. The van der Waals surface area contributed by atoms with E-state index in [1.807, 2.05) is 31.2 Å². The van der Waals surface area contributed by atoms with Crippen molar-refractivity contribution >= 4 is 44.5 Å². The Labute approximate surface area is 170 Å². The molecule has 1 fully saturated rings. The zero-order valence-corrected chi connectivity index (χ0v) is 17.1. The van der Waals surface area contributed by atoms with Gasteiger partial charge in [0.15, 0.2) is 17.0 Å². The van der Waals surface area contributed by atoms with Crippen LogP contribution in [-0.2, 0) is 11.3 Å². The number of nitrogens with zero attached hydrogens (tertiary/aromatic N) is 7. The number of fused-ring (bicyclic) bond motifs is 1. The monoisotopic (exact) mass is 444 g/mol. The second-order valence-corrected chi connectivity index (χ2v) is 7.51. The number of benzene rings is 1. The number of piperazine rings is 1. The molecule has 1 saturated heterocycles. The van der Waals surface area contributed by atoms with Crippen molar-refractivity contribution in [1.82, 2.24) is 29.9 Å². The number of halogens is 1. The van der Waals surface area contributed by atoms with Gasteiger partial charge in [-0.15, -0.1) is 5.10 Å². The van der Waals surface area contributed by atoms with Crippen LogP contribution in [0.1, 0.15) is 6.92 Å². The van der Waals surface area contributed by atoms with Gasteiger partial charge in [0, 0.05) is 42.9 Å². The summed E-state index contributed by atoms with van der Waals surface area (Å²) < 4.78 is 2.75. The number of hydrogen-bond acceptors (Lipinski definition) is 7. The summed E-state index contributed by atoms with van der Waals surface area (Å²) in [4.78, 5) is 25.4. The lowest BCUT2D eigenvalue weighted by atomic mass is 10.3. The first kappa shape index (κ1) is 18.8. The molecule has 0 bridgehead atoms. The molecule has 9 nitrogen and oxygen atoms in total. The van der Waals surface area contributed by atoms with Gasteiger partial charge in [0.2, 0.25) is 5.91 Å². The molecule has 28 heavy (non-hydrogen) atoms. The molecule has 0 aliphatic carbocycles. The smallest absolute Gasteiger partial charge is 0.238 e. The average molecular weight is 445 g/mol. The highest BCUT2D eigenvalue weighted by Gasteiger charge is 2.23. The van der Waals surface area contributed by atoms with Crippen molar-refractivity contribution in [3.05, 3.63) is 35.1 Å². The fourth-order valence-electron chi connectivity index (χ4n) is 3.28. The van der Waals surface area contributed by atoms with E-state index < -0.39 is 0 Å². The first-order valence-corrected chi connectivity index (χ1v) is 10.00. The molecular formula is C18H21BrN8O.